The van der Waals surface area contributed by atoms with Crippen molar-refractivity contribution in [3.05, 3.63) is 0 Å². The van der Waals surface area contributed by atoms with E-state index < -0.39 is 0 Å². The SMILES string of the molecule is CCCC1NC(=O)CCN(CC2CCSC2)C1=O. The van der Waals surface area contributed by atoms with Crippen LogP contribution in [-0.4, -0.2) is 47.4 Å². The largest absolute Gasteiger partial charge is 0.344 e. The minimum Gasteiger partial charge on any atom is -0.344 e. The van der Waals surface area contributed by atoms with E-state index in [1.54, 1.807) is 0 Å². The van der Waals surface area contributed by atoms with E-state index in [0.29, 0.717) is 18.9 Å². The Labute approximate surface area is 113 Å². The maximum atomic E-state index is 12.4. The molecular formula is C13H22N2O2S. The van der Waals surface area contributed by atoms with Crippen molar-refractivity contribution in [1.29, 1.82) is 0 Å². The highest BCUT2D eigenvalue weighted by Crippen LogP contribution is 2.25. The molecule has 0 spiro atoms. The van der Waals surface area contributed by atoms with Crippen molar-refractivity contribution in [1.82, 2.24) is 10.2 Å². The lowest BCUT2D eigenvalue weighted by molar-refractivity contribution is -0.134. The molecule has 2 aliphatic heterocycles. The van der Waals surface area contributed by atoms with Crippen molar-refractivity contribution in [3.8, 4) is 0 Å². The summed E-state index contributed by atoms with van der Waals surface area (Å²) in [4.78, 5) is 25.9. The van der Waals surface area contributed by atoms with Gasteiger partial charge in [-0.15, -0.1) is 0 Å². The molecule has 0 bridgehead atoms. The van der Waals surface area contributed by atoms with Crippen molar-refractivity contribution in [2.24, 2.45) is 5.92 Å². The number of rotatable bonds is 4. The molecule has 2 amide bonds. The second kappa shape index (κ2) is 6.45. The average molecular weight is 270 g/mol. The molecule has 2 saturated heterocycles. The van der Waals surface area contributed by atoms with Crippen molar-refractivity contribution < 1.29 is 9.59 Å². The fourth-order valence-corrected chi connectivity index (χ4v) is 3.87. The van der Waals surface area contributed by atoms with Gasteiger partial charge in [0, 0.05) is 19.5 Å². The summed E-state index contributed by atoms with van der Waals surface area (Å²) in [6, 6.07) is -0.293. The van der Waals surface area contributed by atoms with Gasteiger partial charge < -0.3 is 10.2 Å². The number of carbonyl (C=O) groups excluding carboxylic acids is 2. The summed E-state index contributed by atoms with van der Waals surface area (Å²) in [6.07, 6.45) is 3.32. The molecular weight excluding hydrogens is 248 g/mol. The smallest absolute Gasteiger partial charge is 0.245 e. The van der Waals surface area contributed by atoms with E-state index in [9.17, 15) is 9.59 Å². The maximum absolute atomic E-state index is 12.4. The van der Waals surface area contributed by atoms with E-state index in [0.717, 1.165) is 25.1 Å². The fraction of sp³-hybridized carbons (Fsp3) is 0.846. The number of thioether (sulfide) groups is 1. The van der Waals surface area contributed by atoms with Gasteiger partial charge in [0.1, 0.15) is 6.04 Å². The number of hydrogen-bond acceptors (Lipinski definition) is 3. The average Bonchev–Trinajstić information content (AvgIpc) is 2.81. The first-order chi connectivity index (χ1) is 8.70. The third-order valence-corrected chi connectivity index (χ3v) is 4.87. The first-order valence-corrected chi connectivity index (χ1v) is 8.02. The van der Waals surface area contributed by atoms with E-state index in [1.807, 2.05) is 23.6 Å². The van der Waals surface area contributed by atoms with Crippen LogP contribution in [0.5, 0.6) is 0 Å². The van der Waals surface area contributed by atoms with E-state index in [-0.39, 0.29) is 17.9 Å². The topological polar surface area (TPSA) is 49.4 Å². The van der Waals surface area contributed by atoms with E-state index in [4.69, 9.17) is 0 Å². The van der Waals surface area contributed by atoms with Gasteiger partial charge in [-0.2, -0.15) is 11.8 Å². The molecule has 2 atom stereocenters. The highest BCUT2D eigenvalue weighted by molar-refractivity contribution is 7.99. The third kappa shape index (κ3) is 3.40. The molecule has 5 heteroatoms. The van der Waals surface area contributed by atoms with Crippen LogP contribution in [0.3, 0.4) is 0 Å². The number of amides is 2. The van der Waals surface area contributed by atoms with E-state index >= 15 is 0 Å². The van der Waals surface area contributed by atoms with Crippen LogP contribution in [0.4, 0.5) is 0 Å². The van der Waals surface area contributed by atoms with Crippen LogP contribution in [0.2, 0.25) is 0 Å². The highest BCUT2D eigenvalue weighted by Gasteiger charge is 2.31. The Bertz CT molecular complexity index is 316. The Kier molecular flexibility index (Phi) is 4.92. The summed E-state index contributed by atoms with van der Waals surface area (Å²) in [5, 5.41) is 2.85. The van der Waals surface area contributed by atoms with Crippen molar-refractivity contribution in [2.45, 2.75) is 38.6 Å². The summed E-state index contributed by atoms with van der Waals surface area (Å²) >= 11 is 1.97. The Morgan fingerprint density at radius 2 is 2.28 bits per heavy atom. The van der Waals surface area contributed by atoms with Gasteiger partial charge in [-0.05, 0) is 30.3 Å². The molecule has 1 N–H and O–H groups in total. The minimum atomic E-state index is -0.293. The van der Waals surface area contributed by atoms with Gasteiger partial charge in [0.05, 0.1) is 0 Å². The maximum Gasteiger partial charge on any atom is 0.245 e. The Morgan fingerprint density at radius 1 is 1.44 bits per heavy atom. The summed E-state index contributed by atoms with van der Waals surface area (Å²) in [6.45, 7) is 3.47. The Hall–Kier alpha value is -0.710. The van der Waals surface area contributed by atoms with Gasteiger partial charge in [0.2, 0.25) is 11.8 Å². The number of nitrogens with one attached hydrogen (secondary N) is 1. The predicted octanol–water partition coefficient (Wildman–Crippen LogP) is 1.26. The van der Waals surface area contributed by atoms with Crippen LogP contribution in [0.1, 0.15) is 32.6 Å². The number of hydrogen-bond donors (Lipinski definition) is 1. The molecule has 102 valence electrons. The molecule has 18 heavy (non-hydrogen) atoms. The molecule has 0 aromatic carbocycles. The zero-order valence-electron chi connectivity index (χ0n) is 11.0. The van der Waals surface area contributed by atoms with Crippen LogP contribution in [-0.2, 0) is 9.59 Å². The molecule has 0 saturated carbocycles. The highest BCUT2D eigenvalue weighted by atomic mass is 32.2. The molecule has 2 unspecified atom stereocenters. The minimum absolute atomic E-state index is 0.0186. The zero-order chi connectivity index (χ0) is 13.0. The monoisotopic (exact) mass is 270 g/mol. The van der Waals surface area contributed by atoms with E-state index in [2.05, 4.69) is 5.32 Å². The van der Waals surface area contributed by atoms with Gasteiger partial charge in [-0.1, -0.05) is 13.3 Å². The Morgan fingerprint density at radius 3 is 2.94 bits per heavy atom. The zero-order valence-corrected chi connectivity index (χ0v) is 11.8. The molecule has 2 heterocycles. The van der Waals surface area contributed by atoms with Gasteiger partial charge in [-0.3, -0.25) is 9.59 Å². The van der Waals surface area contributed by atoms with Gasteiger partial charge in [-0.25, -0.2) is 0 Å². The summed E-state index contributed by atoms with van der Waals surface area (Å²) in [7, 11) is 0. The molecule has 2 aliphatic rings. The molecule has 0 aliphatic carbocycles. The standard InChI is InChI=1S/C13H22N2O2S/c1-2-3-11-13(17)15(6-4-12(16)14-11)8-10-5-7-18-9-10/h10-11H,2-9H2,1H3,(H,14,16). The van der Waals surface area contributed by atoms with Crippen LogP contribution < -0.4 is 5.32 Å². The molecule has 2 fully saturated rings. The molecule has 4 nitrogen and oxygen atoms in total. The summed E-state index contributed by atoms with van der Waals surface area (Å²) in [5.41, 5.74) is 0. The van der Waals surface area contributed by atoms with Crippen LogP contribution >= 0.6 is 11.8 Å². The first-order valence-electron chi connectivity index (χ1n) is 6.86. The second-order valence-corrected chi connectivity index (χ2v) is 6.32. The van der Waals surface area contributed by atoms with Crippen molar-refractivity contribution in [3.63, 3.8) is 0 Å². The van der Waals surface area contributed by atoms with Gasteiger partial charge in [0.25, 0.3) is 0 Å². The molecule has 0 aromatic rings. The van der Waals surface area contributed by atoms with Crippen molar-refractivity contribution in [2.75, 3.05) is 24.6 Å². The van der Waals surface area contributed by atoms with Crippen LogP contribution in [0, 0.1) is 5.92 Å². The van der Waals surface area contributed by atoms with Gasteiger partial charge >= 0.3 is 0 Å². The molecule has 2 rings (SSSR count). The molecule has 0 aromatic heterocycles. The van der Waals surface area contributed by atoms with Crippen LogP contribution in [0.15, 0.2) is 0 Å². The quantitative estimate of drug-likeness (QED) is 0.836. The number of nitrogens with zero attached hydrogens (tertiary/aromatic N) is 1. The summed E-state index contributed by atoms with van der Waals surface area (Å²) in [5.74, 6) is 3.13. The van der Waals surface area contributed by atoms with Crippen LogP contribution in [0.25, 0.3) is 0 Å². The first kappa shape index (κ1) is 13.7. The summed E-state index contributed by atoms with van der Waals surface area (Å²) < 4.78 is 0. The normalized spacial score (nSPS) is 29.3. The number of carbonyl (C=O) groups is 2. The lowest BCUT2D eigenvalue weighted by Gasteiger charge is -2.26. The van der Waals surface area contributed by atoms with E-state index in [1.165, 1.54) is 12.2 Å². The fourth-order valence-electron chi connectivity index (χ4n) is 2.60. The van der Waals surface area contributed by atoms with Crippen molar-refractivity contribution >= 4 is 23.6 Å². The lowest BCUT2D eigenvalue weighted by Crippen LogP contribution is -2.45. The van der Waals surface area contributed by atoms with Gasteiger partial charge in [0.15, 0.2) is 0 Å². The Balaban J connectivity index is 1.98. The molecule has 0 radical (unpaired) electrons. The predicted molar refractivity (Wildman–Crippen MR) is 73.5 cm³/mol. The lowest BCUT2D eigenvalue weighted by atomic mass is 10.1. The third-order valence-electron chi connectivity index (χ3n) is 3.63. The second-order valence-electron chi connectivity index (χ2n) is 5.17.